The number of nitrogens with zero attached hydrogens (tertiary/aromatic N) is 5. The molecule has 0 radical (unpaired) electrons. The van der Waals surface area contributed by atoms with E-state index in [2.05, 4.69) is 10.3 Å². The van der Waals surface area contributed by atoms with Crippen molar-refractivity contribution in [1.29, 1.82) is 0 Å². The predicted molar refractivity (Wildman–Crippen MR) is 96.1 cm³/mol. The summed E-state index contributed by atoms with van der Waals surface area (Å²) in [4.78, 5) is 42.9. The molecule has 0 aliphatic carbocycles. The first-order chi connectivity index (χ1) is 11.4. The van der Waals surface area contributed by atoms with Gasteiger partial charge in [-0.3, -0.25) is 18.7 Å². The average Bonchev–Trinajstić information content (AvgIpc) is 3.01. The second-order valence-corrected chi connectivity index (χ2v) is 6.22. The number of hydrogen-bond acceptors (Lipinski definition) is 5. The van der Waals surface area contributed by atoms with Crippen molar-refractivity contribution < 1.29 is 4.79 Å². The van der Waals surface area contributed by atoms with Crippen LogP contribution in [0.2, 0.25) is 0 Å². The molecule has 9 nitrogen and oxygen atoms in total. The number of amides is 1. The van der Waals surface area contributed by atoms with Crippen molar-refractivity contribution in [3.05, 3.63) is 27.2 Å². The lowest BCUT2D eigenvalue weighted by atomic mass is 10.1. The summed E-state index contributed by atoms with van der Waals surface area (Å²) < 4.78 is 3.88. The van der Waals surface area contributed by atoms with Gasteiger partial charge in [0.1, 0.15) is 6.54 Å². The standard InChI is InChI=1S/C15H22N6O3.ClH/c1-16-10-5-4-6-20(7-10)11(22)8-21-9-17-13-12(21)14(23)19(3)15(24)18(13)2;/h9-10,16H,4-8H2,1-3H3;1H. The molecule has 3 rings (SSSR count). The minimum atomic E-state index is -0.440. The van der Waals surface area contributed by atoms with Crippen molar-refractivity contribution in [1.82, 2.24) is 28.9 Å². The lowest BCUT2D eigenvalue weighted by molar-refractivity contribution is -0.133. The van der Waals surface area contributed by atoms with Gasteiger partial charge in [-0.1, -0.05) is 0 Å². The Morgan fingerprint density at radius 2 is 2.04 bits per heavy atom. The molecule has 0 saturated carbocycles. The Morgan fingerprint density at radius 3 is 2.72 bits per heavy atom. The highest BCUT2D eigenvalue weighted by Gasteiger charge is 2.24. The van der Waals surface area contributed by atoms with Crippen LogP contribution in [0.4, 0.5) is 0 Å². The number of likely N-dealkylation sites (N-methyl/N-ethyl adjacent to an activating group) is 1. The molecule has 1 saturated heterocycles. The van der Waals surface area contributed by atoms with Crippen LogP contribution in [0.3, 0.4) is 0 Å². The molecular formula is C15H23ClN6O3. The van der Waals surface area contributed by atoms with Gasteiger partial charge in [-0.15, -0.1) is 12.4 Å². The van der Waals surface area contributed by atoms with Crippen LogP contribution in [0.15, 0.2) is 15.9 Å². The molecule has 1 aliphatic heterocycles. The molecule has 10 heteroatoms. The first-order valence-corrected chi connectivity index (χ1v) is 8.00. The zero-order chi connectivity index (χ0) is 17.4. The molecule has 1 unspecified atom stereocenters. The number of fused-ring (bicyclic) bond motifs is 1. The van der Waals surface area contributed by atoms with E-state index in [9.17, 15) is 14.4 Å². The fourth-order valence-corrected chi connectivity index (χ4v) is 3.20. The lowest BCUT2D eigenvalue weighted by Crippen LogP contribution is -2.48. The first-order valence-electron chi connectivity index (χ1n) is 8.00. The largest absolute Gasteiger partial charge is 0.340 e. The van der Waals surface area contributed by atoms with Crippen molar-refractivity contribution in [3.8, 4) is 0 Å². The zero-order valence-corrected chi connectivity index (χ0v) is 15.4. The fourth-order valence-electron chi connectivity index (χ4n) is 3.20. The third-order valence-electron chi connectivity index (χ3n) is 4.71. The molecule has 1 aliphatic rings. The van der Waals surface area contributed by atoms with Crippen LogP contribution in [0.5, 0.6) is 0 Å². The van der Waals surface area contributed by atoms with E-state index in [1.54, 1.807) is 7.05 Å². The topological polar surface area (TPSA) is 94.2 Å². The molecule has 0 bridgehead atoms. The maximum Gasteiger partial charge on any atom is 0.332 e. The Kier molecular flexibility index (Phi) is 5.69. The number of aromatic nitrogens is 4. The summed E-state index contributed by atoms with van der Waals surface area (Å²) in [6, 6.07) is 0.302. The number of carbonyl (C=O) groups is 1. The first kappa shape index (κ1) is 19.2. The Balaban J connectivity index is 0.00000225. The van der Waals surface area contributed by atoms with E-state index < -0.39 is 11.2 Å². The number of hydrogen-bond donors (Lipinski definition) is 1. The number of imidazole rings is 1. The highest BCUT2D eigenvalue weighted by molar-refractivity contribution is 5.85. The monoisotopic (exact) mass is 370 g/mol. The quantitative estimate of drug-likeness (QED) is 0.753. The Labute approximate surface area is 150 Å². The molecule has 1 fully saturated rings. The number of halogens is 1. The van der Waals surface area contributed by atoms with E-state index in [1.165, 1.54) is 22.5 Å². The van der Waals surface area contributed by atoms with Crippen molar-refractivity contribution in [2.45, 2.75) is 25.4 Å². The van der Waals surface area contributed by atoms with Crippen molar-refractivity contribution >= 4 is 29.5 Å². The molecule has 0 aromatic carbocycles. The van der Waals surface area contributed by atoms with Gasteiger partial charge in [-0.2, -0.15) is 0 Å². The van der Waals surface area contributed by atoms with E-state index in [1.807, 2.05) is 11.9 Å². The summed E-state index contributed by atoms with van der Waals surface area (Å²) in [7, 11) is 4.88. The second-order valence-electron chi connectivity index (χ2n) is 6.22. The van der Waals surface area contributed by atoms with Gasteiger partial charge in [-0.25, -0.2) is 9.78 Å². The van der Waals surface area contributed by atoms with Crippen molar-refractivity contribution in [2.75, 3.05) is 20.1 Å². The van der Waals surface area contributed by atoms with Gasteiger partial charge in [0.05, 0.1) is 6.33 Å². The predicted octanol–water partition coefficient (Wildman–Crippen LogP) is -0.934. The molecule has 1 amide bonds. The summed E-state index contributed by atoms with van der Waals surface area (Å²) in [6.45, 7) is 1.43. The van der Waals surface area contributed by atoms with Crippen molar-refractivity contribution in [3.63, 3.8) is 0 Å². The fraction of sp³-hybridized carbons (Fsp3) is 0.600. The zero-order valence-electron chi connectivity index (χ0n) is 14.6. The molecule has 1 atom stereocenters. The van der Waals surface area contributed by atoms with Gasteiger partial charge in [0.15, 0.2) is 11.2 Å². The minimum Gasteiger partial charge on any atom is -0.340 e. The minimum absolute atomic E-state index is 0. The van der Waals surface area contributed by atoms with Crippen LogP contribution >= 0.6 is 12.4 Å². The van der Waals surface area contributed by atoms with Crippen LogP contribution in [0.25, 0.3) is 11.2 Å². The van der Waals surface area contributed by atoms with Gasteiger partial charge in [0.2, 0.25) is 5.91 Å². The normalized spacial score (nSPS) is 17.6. The third kappa shape index (κ3) is 3.34. The van der Waals surface area contributed by atoms with Crippen LogP contribution in [-0.4, -0.2) is 55.7 Å². The van der Waals surface area contributed by atoms with Gasteiger partial charge in [0.25, 0.3) is 5.56 Å². The number of likely N-dealkylation sites (tertiary alicyclic amines) is 1. The number of aryl methyl sites for hydroxylation is 1. The number of nitrogens with one attached hydrogen (secondary N) is 1. The van der Waals surface area contributed by atoms with E-state index in [-0.39, 0.29) is 30.4 Å². The van der Waals surface area contributed by atoms with Gasteiger partial charge in [-0.05, 0) is 19.9 Å². The smallest absolute Gasteiger partial charge is 0.332 e. The molecule has 138 valence electrons. The summed E-state index contributed by atoms with van der Waals surface area (Å²) in [5.41, 5.74) is -0.306. The van der Waals surface area contributed by atoms with Crippen LogP contribution in [-0.2, 0) is 25.4 Å². The van der Waals surface area contributed by atoms with E-state index >= 15 is 0 Å². The second kappa shape index (κ2) is 7.40. The number of piperidine rings is 1. The molecule has 3 heterocycles. The summed E-state index contributed by atoms with van der Waals surface area (Å²) >= 11 is 0. The third-order valence-corrected chi connectivity index (χ3v) is 4.71. The Bertz CT molecular complexity index is 899. The number of carbonyl (C=O) groups excluding carboxylic acids is 1. The average molecular weight is 371 g/mol. The van der Waals surface area contributed by atoms with Crippen LogP contribution in [0.1, 0.15) is 12.8 Å². The van der Waals surface area contributed by atoms with Gasteiger partial charge >= 0.3 is 5.69 Å². The van der Waals surface area contributed by atoms with Gasteiger partial charge < -0.3 is 14.8 Å². The van der Waals surface area contributed by atoms with E-state index in [0.717, 1.165) is 24.0 Å². The Morgan fingerprint density at radius 1 is 1.32 bits per heavy atom. The highest BCUT2D eigenvalue weighted by atomic mass is 35.5. The maximum absolute atomic E-state index is 12.6. The maximum atomic E-state index is 12.6. The molecule has 1 N–H and O–H groups in total. The lowest BCUT2D eigenvalue weighted by Gasteiger charge is -2.32. The molecule has 2 aromatic rings. The SMILES string of the molecule is CNC1CCCN(C(=O)Cn2cnc3c2c(=O)n(C)c(=O)n3C)C1.Cl. The Hall–Kier alpha value is -2.13. The number of rotatable bonds is 3. The molecule has 2 aromatic heterocycles. The summed E-state index contributed by atoms with van der Waals surface area (Å²) in [5, 5.41) is 3.20. The van der Waals surface area contributed by atoms with Crippen LogP contribution < -0.4 is 16.6 Å². The van der Waals surface area contributed by atoms with Crippen molar-refractivity contribution in [2.24, 2.45) is 14.1 Å². The van der Waals surface area contributed by atoms with Crippen LogP contribution in [0, 0.1) is 0 Å². The van der Waals surface area contributed by atoms with Gasteiger partial charge in [0, 0.05) is 33.2 Å². The molecular weight excluding hydrogens is 348 g/mol. The summed E-state index contributed by atoms with van der Waals surface area (Å²) in [6.07, 6.45) is 3.46. The highest BCUT2D eigenvalue weighted by Crippen LogP contribution is 2.12. The summed E-state index contributed by atoms with van der Waals surface area (Å²) in [5.74, 6) is -0.0508. The molecule has 0 spiro atoms. The molecule has 25 heavy (non-hydrogen) atoms. The van der Waals surface area contributed by atoms with E-state index in [0.29, 0.717) is 18.2 Å². The van der Waals surface area contributed by atoms with E-state index in [4.69, 9.17) is 0 Å².